The van der Waals surface area contributed by atoms with Crippen molar-refractivity contribution < 1.29 is 52.3 Å². The van der Waals surface area contributed by atoms with Crippen molar-refractivity contribution >= 4 is 99.3 Å². The maximum Gasteiger partial charge on any atom is 0.410 e. The van der Waals surface area contributed by atoms with Gasteiger partial charge in [-0.25, -0.2) is 14.7 Å². The maximum absolute atomic E-state index is 16.7. The Balaban J connectivity index is 0.789. The van der Waals surface area contributed by atoms with Gasteiger partial charge in [-0.1, -0.05) is 63.7 Å². The van der Waals surface area contributed by atoms with Crippen LogP contribution in [-0.2, 0) is 35.3 Å². The van der Waals surface area contributed by atoms with Gasteiger partial charge < -0.3 is 46.4 Å². The first kappa shape index (κ1) is 60.8. The average Bonchev–Trinajstić information content (AvgIpc) is 3.94. The fourth-order valence-corrected chi connectivity index (χ4v) is 10.1. The monoisotopic (exact) mass is 1160 g/mol. The maximum atomic E-state index is 16.7. The van der Waals surface area contributed by atoms with Crippen molar-refractivity contribution in [3.8, 4) is 0 Å². The summed E-state index contributed by atoms with van der Waals surface area (Å²) >= 11 is 1.29. The molecular weight excluding hydrogens is 1100 g/mol. The number of nitrogens with zero attached hydrogens (tertiary/aromatic N) is 6. The van der Waals surface area contributed by atoms with Crippen LogP contribution < -0.4 is 31.9 Å². The second-order valence-electron chi connectivity index (χ2n) is 21.0. The van der Waals surface area contributed by atoms with Gasteiger partial charge >= 0.3 is 6.09 Å². The molecule has 6 N–H and O–H groups in total. The van der Waals surface area contributed by atoms with E-state index >= 15 is 4.39 Å². The van der Waals surface area contributed by atoms with Crippen molar-refractivity contribution in [3.05, 3.63) is 149 Å². The number of nitrogens with one attached hydrogen (secondary N) is 6. The Bertz CT molecular complexity index is 3470. The predicted molar refractivity (Wildman–Crippen MR) is 314 cm³/mol. The number of likely N-dealkylation sites (tertiary alicyclic amines) is 2. The van der Waals surface area contributed by atoms with Crippen LogP contribution in [0, 0.1) is 11.7 Å². The number of amides is 9. The first-order valence-corrected chi connectivity index (χ1v) is 28.1. The van der Waals surface area contributed by atoms with Crippen LogP contribution in [0.15, 0.2) is 120 Å². The molecule has 1 unspecified atom stereocenters. The Kier molecular flexibility index (Phi) is 20.0. The second kappa shape index (κ2) is 27.7. The highest BCUT2D eigenvalue weighted by Crippen LogP contribution is 2.37. The van der Waals surface area contributed by atoms with Crippen LogP contribution >= 0.6 is 11.8 Å². The fraction of sp³-hybridized carbons (Fsp3) is 0.317. The molecule has 0 spiro atoms. The molecule has 0 aliphatic carbocycles. The summed E-state index contributed by atoms with van der Waals surface area (Å²) in [6.07, 6.45) is 5.35. The van der Waals surface area contributed by atoms with E-state index in [1.54, 1.807) is 104 Å². The third-order valence-corrected chi connectivity index (χ3v) is 14.9. The third-order valence-electron chi connectivity index (χ3n) is 13.6. The summed E-state index contributed by atoms with van der Waals surface area (Å²) in [6.45, 7) is 8.34. The van der Waals surface area contributed by atoms with Crippen molar-refractivity contribution in [1.29, 1.82) is 0 Å². The minimum absolute atomic E-state index is 0.0295. The zero-order valence-electron chi connectivity index (χ0n) is 47.2. The van der Waals surface area contributed by atoms with Crippen molar-refractivity contribution in [3.63, 3.8) is 0 Å². The molecule has 0 bridgehead atoms. The van der Waals surface area contributed by atoms with Gasteiger partial charge in [0.05, 0.1) is 12.7 Å². The third kappa shape index (κ3) is 15.6. The number of ether oxygens (including phenoxy) is 1. The van der Waals surface area contributed by atoms with E-state index in [0.717, 1.165) is 5.56 Å². The normalized spacial score (nSPS) is 14.1. The Morgan fingerprint density at radius 2 is 1.39 bits per heavy atom. The van der Waals surface area contributed by atoms with Crippen LogP contribution in [0.5, 0.6) is 0 Å². The molecule has 9 amide bonds. The summed E-state index contributed by atoms with van der Waals surface area (Å²) in [4.78, 5) is 124. The number of carbonyl (C=O) groups is 9. The first-order valence-electron chi connectivity index (χ1n) is 27.2. The van der Waals surface area contributed by atoms with Crippen LogP contribution in [0.1, 0.15) is 101 Å². The molecule has 84 heavy (non-hydrogen) atoms. The Labute approximate surface area is 488 Å². The molecule has 2 aromatic heterocycles. The highest BCUT2D eigenvalue weighted by Gasteiger charge is 2.35. The molecule has 2 aliphatic rings. The number of thioether (sulfide) groups is 1. The molecule has 0 saturated carbocycles. The first-order chi connectivity index (χ1) is 40.2. The summed E-state index contributed by atoms with van der Waals surface area (Å²) in [7, 11) is 3.80. The number of halogens is 1. The van der Waals surface area contributed by atoms with Crippen molar-refractivity contribution in [2.45, 2.75) is 82.2 Å². The minimum Gasteiger partial charge on any atom is -0.445 e. The van der Waals surface area contributed by atoms with Crippen molar-refractivity contribution in [1.82, 2.24) is 39.9 Å². The van der Waals surface area contributed by atoms with Crippen molar-refractivity contribution in [2.75, 3.05) is 61.5 Å². The van der Waals surface area contributed by atoms with Gasteiger partial charge in [0.1, 0.15) is 17.7 Å². The quantitative estimate of drug-likeness (QED) is 0.0229. The molecule has 8 rings (SSSR count). The number of anilines is 5. The lowest BCUT2D eigenvalue weighted by atomic mass is 10.0. The van der Waals surface area contributed by atoms with Gasteiger partial charge in [-0.3, -0.25) is 38.4 Å². The van der Waals surface area contributed by atoms with Crippen LogP contribution in [0.4, 0.5) is 37.8 Å². The van der Waals surface area contributed by atoms with Crippen LogP contribution in [0.2, 0.25) is 0 Å². The molecule has 4 heterocycles. The van der Waals surface area contributed by atoms with Crippen LogP contribution in [0.3, 0.4) is 0 Å². The summed E-state index contributed by atoms with van der Waals surface area (Å²) in [5.74, 6) is -5.27. The molecule has 1 atom stereocenters. The van der Waals surface area contributed by atoms with Crippen LogP contribution in [-0.4, -0.2) is 134 Å². The molecule has 2 saturated heterocycles. The Morgan fingerprint density at radius 3 is 2.05 bits per heavy atom. The van der Waals surface area contributed by atoms with Gasteiger partial charge in [0.25, 0.3) is 17.7 Å². The fourth-order valence-electron chi connectivity index (χ4n) is 9.01. The molecule has 22 nitrogen and oxygen atoms in total. The van der Waals surface area contributed by atoms with Gasteiger partial charge in [-0.05, 0) is 123 Å². The zero-order valence-corrected chi connectivity index (χ0v) is 48.0. The smallest absolute Gasteiger partial charge is 0.410 e. The van der Waals surface area contributed by atoms with Gasteiger partial charge in [0.15, 0.2) is 17.3 Å². The van der Waals surface area contributed by atoms with Gasteiger partial charge in [-0.15, -0.1) is 0 Å². The minimum atomic E-state index is -1.02. The van der Waals surface area contributed by atoms with E-state index in [4.69, 9.17) is 9.72 Å². The van der Waals surface area contributed by atoms with E-state index in [1.165, 1.54) is 46.6 Å². The summed E-state index contributed by atoms with van der Waals surface area (Å²) in [5.41, 5.74) is 4.39. The Hall–Kier alpha value is -9.29. The van der Waals surface area contributed by atoms with Gasteiger partial charge in [0, 0.05) is 88.8 Å². The number of hydrogen-bond acceptors (Lipinski definition) is 15. The summed E-state index contributed by atoms with van der Waals surface area (Å²) in [6, 6.07) is 24.3. The summed E-state index contributed by atoms with van der Waals surface area (Å²) < 4.78 is 23.8. The number of piperidine rings is 1. The van der Waals surface area contributed by atoms with Crippen molar-refractivity contribution in [2.24, 2.45) is 5.92 Å². The predicted octanol–water partition coefficient (Wildman–Crippen LogP) is 7.74. The molecule has 2 aliphatic heterocycles. The lowest BCUT2D eigenvalue weighted by Gasteiger charge is -2.31. The number of hydrogen-bond donors (Lipinski definition) is 6. The van der Waals surface area contributed by atoms with E-state index in [-0.39, 0.29) is 70.3 Å². The molecular formula is C60H65FN12O10S. The topological polar surface area (TPSA) is 275 Å². The standard InChI is InChI=1S/C60H65FN12O10S/c1-35(2)46-32-63-73-53(46)69-58(51(61)54(73)66-43-9-7-10-44(31-43)67-55(78)39-18-22-42(23-19-39)64-47(74)11-8-28-70(5)6)84-45-26-29-71(30-27-45)60(82)83-34-37-12-20-41(21-13-37)65-48(75)33-62-57(80)52(36(3)4)68-56(79)38-14-16-40(17-15-38)59(81)72-49(76)24-25-50(72)77/h7-23,31-32,35-36,45,52,66H,24-30,33-34H2,1-6H3,(H,62,80)(H,64,74)(H,65,75)(H,67,78)(H,68,79)/b11-8+. The number of fused-ring (bicyclic) bond motifs is 1. The lowest BCUT2D eigenvalue weighted by Crippen LogP contribution is -2.51. The summed E-state index contributed by atoms with van der Waals surface area (Å²) in [5, 5.41) is 21.3. The van der Waals surface area contributed by atoms with E-state index in [9.17, 15) is 43.2 Å². The SMILES string of the molecule is CC(C)c1cnn2c(Nc3cccc(NC(=O)c4ccc(NC(=O)/C=C/CN(C)C)cc4)c3)c(F)c(SC3CCN(C(=O)OCc4ccc(NC(=O)CNC(=O)C(NC(=O)c5ccc(C(=O)N6C(=O)CCC6=O)cc5)C(C)C)cc4)CC3)nc12. The van der Waals surface area contributed by atoms with E-state index < -0.39 is 59.9 Å². The zero-order chi connectivity index (χ0) is 60.2. The molecule has 0 radical (unpaired) electrons. The number of carbonyl (C=O) groups excluding carboxylic acids is 9. The highest BCUT2D eigenvalue weighted by atomic mass is 32.2. The van der Waals surface area contributed by atoms with E-state index in [2.05, 4.69) is 37.0 Å². The van der Waals surface area contributed by atoms with Crippen LogP contribution in [0.25, 0.3) is 5.65 Å². The number of rotatable bonds is 21. The number of imide groups is 3. The second-order valence-corrected chi connectivity index (χ2v) is 22.3. The highest BCUT2D eigenvalue weighted by molar-refractivity contribution is 7.99. The number of aromatic nitrogens is 3. The Morgan fingerprint density at radius 1 is 0.774 bits per heavy atom. The number of likely N-dealkylation sites (N-methyl/N-ethyl adjacent to an activating group) is 1. The lowest BCUT2D eigenvalue weighted by molar-refractivity contribution is -0.135. The molecule has 438 valence electrons. The molecule has 24 heteroatoms. The molecule has 2 fully saturated rings. The number of benzene rings is 4. The van der Waals surface area contributed by atoms with E-state index in [1.807, 2.05) is 32.8 Å². The average molecular weight is 1170 g/mol. The largest absolute Gasteiger partial charge is 0.445 e. The molecule has 4 aromatic carbocycles. The van der Waals surface area contributed by atoms with Gasteiger partial charge in [0.2, 0.25) is 29.5 Å². The van der Waals surface area contributed by atoms with Gasteiger partial charge in [-0.2, -0.15) is 14.0 Å². The van der Waals surface area contributed by atoms with E-state index in [0.29, 0.717) is 76.9 Å². The molecule has 6 aromatic rings.